The van der Waals surface area contributed by atoms with E-state index in [0.717, 1.165) is 30.2 Å². The third-order valence-electron chi connectivity index (χ3n) is 4.40. The summed E-state index contributed by atoms with van der Waals surface area (Å²) in [5, 5.41) is 20.2. The van der Waals surface area contributed by atoms with Crippen LogP contribution in [0, 0.1) is 6.92 Å². The first-order valence-electron chi connectivity index (χ1n) is 8.62. The van der Waals surface area contributed by atoms with Gasteiger partial charge < -0.3 is 14.9 Å². The zero-order valence-corrected chi connectivity index (χ0v) is 15.4. The van der Waals surface area contributed by atoms with Gasteiger partial charge in [-0.15, -0.1) is 11.3 Å². The van der Waals surface area contributed by atoms with Crippen LogP contribution in [0.4, 0.5) is 0 Å². The first kappa shape index (κ1) is 18.0. The van der Waals surface area contributed by atoms with Crippen LogP contribution in [0.2, 0.25) is 0 Å². The Morgan fingerprint density at radius 3 is 3.08 bits per heavy atom. The minimum atomic E-state index is -0.605. The zero-order valence-electron chi connectivity index (χ0n) is 14.6. The molecule has 2 atom stereocenters. The third-order valence-corrected chi connectivity index (χ3v) is 5.22. The highest BCUT2D eigenvalue weighted by Crippen LogP contribution is 2.17. The maximum Gasteiger partial charge on any atom is 0.256 e. The standard InChI is InChI=1S/C17H24N4O3S/c1-3-4-16-13(7-18-24-16)17(23)20-14-5-6-21(9-15(14)22)8-12-10-25-11(2)19-12/h7,10,14-15,22H,3-6,8-9H2,1-2H3,(H,20,23)/t14-,15-/m1/s1. The molecule has 2 aromatic rings. The molecule has 1 amide bonds. The summed E-state index contributed by atoms with van der Waals surface area (Å²) in [6.45, 7) is 6.07. The number of likely N-dealkylation sites (tertiary alicyclic amines) is 1. The molecule has 1 aliphatic rings. The highest BCUT2D eigenvalue weighted by atomic mass is 32.1. The number of nitrogens with zero attached hydrogens (tertiary/aromatic N) is 3. The Labute approximate surface area is 151 Å². The molecular weight excluding hydrogens is 340 g/mol. The Hall–Kier alpha value is -1.77. The fourth-order valence-electron chi connectivity index (χ4n) is 3.12. The molecule has 0 saturated carbocycles. The quantitative estimate of drug-likeness (QED) is 0.811. The Kier molecular flexibility index (Phi) is 5.82. The van der Waals surface area contributed by atoms with Crippen LogP contribution < -0.4 is 5.32 Å². The van der Waals surface area contributed by atoms with Gasteiger partial charge in [0.25, 0.3) is 5.91 Å². The fraction of sp³-hybridized carbons (Fsp3) is 0.588. The molecule has 136 valence electrons. The Morgan fingerprint density at radius 1 is 1.56 bits per heavy atom. The number of aromatic nitrogens is 2. The van der Waals surface area contributed by atoms with Crippen LogP contribution in [0.3, 0.4) is 0 Å². The van der Waals surface area contributed by atoms with Gasteiger partial charge in [0.2, 0.25) is 0 Å². The zero-order chi connectivity index (χ0) is 17.8. The van der Waals surface area contributed by atoms with Crippen LogP contribution >= 0.6 is 11.3 Å². The van der Waals surface area contributed by atoms with Gasteiger partial charge >= 0.3 is 0 Å². The first-order chi connectivity index (χ1) is 12.1. The van der Waals surface area contributed by atoms with Crippen molar-refractivity contribution in [1.82, 2.24) is 20.4 Å². The van der Waals surface area contributed by atoms with Gasteiger partial charge in [0.05, 0.1) is 29.0 Å². The molecule has 8 heteroatoms. The van der Waals surface area contributed by atoms with E-state index >= 15 is 0 Å². The average molecular weight is 364 g/mol. The minimum absolute atomic E-state index is 0.225. The molecule has 0 aromatic carbocycles. The minimum Gasteiger partial charge on any atom is -0.390 e. The first-order valence-corrected chi connectivity index (χ1v) is 9.50. The van der Waals surface area contributed by atoms with Gasteiger partial charge in [-0.3, -0.25) is 9.69 Å². The number of β-amino-alcohol motifs (C(OH)–C–C–N with tert-alkyl or cyclic N) is 1. The number of aliphatic hydroxyl groups is 1. The number of hydrogen-bond donors (Lipinski definition) is 2. The van der Waals surface area contributed by atoms with Gasteiger partial charge in [0, 0.05) is 31.4 Å². The van der Waals surface area contributed by atoms with Gasteiger partial charge in [-0.2, -0.15) is 0 Å². The predicted molar refractivity (Wildman–Crippen MR) is 94.5 cm³/mol. The largest absolute Gasteiger partial charge is 0.390 e. The van der Waals surface area contributed by atoms with Gasteiger partial charge in [-0.1, -0.05) is 12.1 Å². The number of carbonyl (C=O) groups excluding carboxylic acids is 1. The van der Waals surface area contributed by atoms with Crippen molar-refractivity contribution in [2.75, 3.05) is 13.1 Å². The summed E-state index contributed by atoms with van der Waals surface area (Å²) in [4.78, 5) is 19.1. The van der Waals surface area contributed by atoms with Crippen LogP contribution in [0.15, 0.2) is 16.1 Å². The number of hydrogen-bond acceptors (Lipinski definition) is 7. The highest BCUT2D eigenvalue weighted by Gasteiger charge is 2.30. The van der Waals surface area contributed by atoms with Crippen LogP contribution in [0.1, 0.15) is 46.6 Å². The van der Waals surface area contributed by atoms with E-state index < -0.39 is 6.10 Å². The number of rotatable bonds is 6. The van der Waals surface area contributed by atoms with E-state index in [0.29, 0.717) is 30.7 Å². The number of amides is 1. The smallest absolute Gasteiger partial charge is 0.256 e. The van der Waals surface area contributed by atoms with Crippen LogP contribution in [-0.2, 0) is 13.0 Å². The maximum absolute atomic E-state index is 12.4. The monoisotopic (exact) mass is 364 g/mol. The summed E-state index contributed by atoms with van der Waals surface area (Å²) >= 11 is 1.63. The van der Waals surface area contributed by atoms with E-state index in [1.54, 1.807) is 11.3 Å². The summed E-state index contributed by atoms with van der Waals surface area (Å²) in [6.07, 6.45) is 3.10. The molecule has 7 nitrogen and oxygen atoms in total. The molecular formula is C17H24N4O3S. The summed E-state index contributed by atoms with van der Waals surface area (Å²) in [5.74, 6) is 0.378. The van der Waals surface area contributed by atoms with E-state index in [1.165, 1.54) is 6.20 Å². The number of piperidine rings is 1. The van der Waals surface area contributed by atoms with Crippen molar-refractivity contribution in [3.63, 3.8) is 0 Å². The Balaban J connectivity index is 1.54. The van der Waals surface area contributed by atoms with Crippen molar-refractivity contribution < 1.29 is 14.4 Å². The van der Waals surface area contributed by atoms with E-state index in [-0.39, 0.29) is 11.9 Å². The predicted octanol–water partition coefficient (Wildman–Crippen LogP) is 1.76. The average Bonchev–Trinajstić information content (AvgIpc) is 3.19. The molecule has 1 saturated heterocycles. The van der Waals surface area contributed by atoms with Crippen LogP contribution in [-0.4, -0.2) is 51.3 Å². The molecule has 0 aliphatic carbocycles. The normalized spacial score (nSPS) is 21.4. The molecule has 25 heavy (non-hydrogen) atoms. The summed E-state index contributed by atoms with van der Waals surface area (Å²) < 4.78 is 5.14. The van der Waals surface area contributed by atoms with Crippen molar-refractivity contribution in [2.45, 2.75) is 51.8 Å². The number of nitrogens with one attached hydrogen (secondary N) is 1. The van der Waals surface area contributed by atoms with Crippen LogP contribution in [0.5, 0.6) is 0 Å². The second-order valence-corrected chi connectivity index (χ2v) is 7.50. The van der Waals surface area contributed by atoms with Crippen molar-refractivity contribution in [2.24, 2.45) is 0 Å². The highest BCUT2D eigenvalue weighted by molar-refractivity contribution is 7.09. The van der Waals surface area contributed by atoms with Gasteiger partial charge in [0.15, 0.2) is 0 Å². The molecule has 0 bridgehead atoms. The van der Waals surface area contributed by atoms with E-state index in [2.05, 4.69) is 25.7 Å². The number of aliphatic hydroxyl groups excluding tert-OH is 1. The molecule has 0 radical (unpaired) electrons. The van der Waals surface area contributed by atoms with Crippen molar-refractivity contribution in [1.29, 1.82) is 0 Å². The Bertz CT molecular complexity index is 714. The molecule has 0 spiro atoms. The van der Waals surface area contributed by atoms with Crippen LogP contribution in [0.25, 0.3) is 0 Å². The van der Waals surface area contributed by atoms with Gasteiger partial charge in [-0.05, 0) is 19.8 Å². The second-order valence-electron chi connectivity index (χ2n) is 6.44. The SMILES string of the molecule is CCCc1oncc1C(=O)N[C@@H]1CCN(Cc2csc(C)n2)C[C@H]1O. The summed E-state index contributed by atoms with van der Waals surface area (Å²) in [7, 11) is 0. The lowest BCUT2D eigenvalue weighted by atomic mass is 10.0. The lowest BCUT2D eigenvalue weighted by Crippen LogP contribution is -2.53. The van der Waals surface area contributed by atoms with Gasteiger partial charge in [0.1, 0.15) is 11.3 Å². The summed E-state index contributed by atoms with van der Waals surface area (Å²) in [5.41, 5.74) is 1.50. The topological polar surface area (TPSA) is 91.5 Å². The number of aryl methyl sites for hydroxylation is 2. The molecule has 1 fully saturated rings. The molecule has 2 N–H and O–H groups in total. The maximum atomic E-state index is 12.4. The van der Waals surface area contributed by atoms with Crippen molar-refractivity contribution >= 4 is 17.2 Å². The molecule has 3 heterocycles. The molecule has 3 rings (SSSR count). The molecule has 1 aliphatic heterocycles. The van der Waals surface area contributed by atoms with Crippen molar-refractivity contribution in [3.05, 3.63) is 33.6 Å². The number of carbonyl (C=O) groups is 1. The van der Waals surface area contributed by atoms with E-state index in [1.807, 2.05) is 13.8 Å². The lowest BCUT2D eigenvalue weighted by Gasteiger charge is -2.35. The molecule has 2 aromatic heterocycles. The molecule has 0 unspecified atom stereocenters. The second kappa shape index (κ2) is 8.07. The number of thiazole rings is 1. The fourth-order valence-corrected chi connectivity index (χ4v) is 3.73. The van der Waals surface area contributed by atoms with E-state index in [4.69, 9.17) is 4.52 Å². The Morgan fingerprint density at radius 2 is 2.40 bits per heavy atom. The lowest BCUT2D eigenvalue weighted by molar-refractivity contribution is 0.0345. The van der Waals surface area contributed by atoms with Crippen molar-refractivity contribution in [3.8, 4) is 0 Å². The van der Waals surface area contributed by atoms with E-state index in [9.17, 15) is 9.90 Å². The summed E-state index contributed by atoms with van der Waals surface area (Å²) in [6, 6.07) is -0.259. The third kappa shape index (κ3) is 4.45. The van der Waals surface area contributed by atoms with Gasteiger partial charge in [-0.25, -0.2) is 4.98 Å².